The largest absolute Gasteiger partial charge is 0.495 e. The molecule has 0 fully saturated rings. The Morgan fingerprint density at radius 2 is 2.29 bits per heavy atom. The average molecular weight is 192 g/mol. The molecule has 0 aliphatic carbocycles. The minimum Gasteiger partial charge on any atom is -0.495 e. The fraction of sp³-hybridized carbons (Fsp3) is 0.111. The molecule has 1 N–H and O–H groups in total. The van der Waals surface area contributed by atoms with Gasteiger partial charge >= 0.3 is 0 Å². The number of aromatic nitrogens is 2. The van der Waals surface area contributed by atoms with Crippen LogP contribution in [0, 0.1) is 0 Å². The van der Waals surface area contributed by atoms with Crippen molar-refractivity contribution in [3.8, 4) is 11.6 Å². The maximum absolute atomic E-state index is 11.4. The SMILES string of the molecule is COc1ccc2nc(O)cc(=O)n2c1. The van der Waals surface area contributed by atoms with Gasteiger partial charge in [-0.1, -0.05) is 0 Å². The number of hydrogen-bond acceptors (Lipinski definition) is 4. The first kappa shape index (κ1) is 8.55. The first-order valence-corrected chi connectivity index (χ1v) is 3.97. The fourth-order valence-electron chi connectivity index (χ4n) is 1.19. The zero-order valence-corrected chi connectivity index (χ0v) is 7.47. The van der Waals surface area contributed by atoms with E-state index in [1.807, 2.05) is 0 Å². The van der Waals surface area contributed by atoms with Crippen molar-refractivity contribution in [2.75, 3.05) is 7.11 Å². The molecule has 14 heavy (non-hydrogen) atoms. The summed E-state index contributed by atoms with van der Waals surface area (Å²) < 4.78 is 6.26. The highest BCUT2D eigenvalue weighted by molar-refractivity contribution is 5.42. The molecule has 0 spiro atoms. The summed E-state index contributed by atoms with van der Waals surface area (Å²) in [5, 5.41) is 9.08. The molecular weight excluding hydrogens is 184 g/mol. The van der Waals surface area contributed by atoms with E-state index in [4.69, 9.17) is 9.84 Å². The van der Waals surface area contributed by atoms with Gasteiger partial charge in [-0.15, -0.1) is 0 Å². The van der Waals surface area contributed by atoms with Gasteiger partial charge in [-0.05, 0) is 12.1 Å². The van der Waals surface area contributed by atoms with Crippen molar-refractivity contribution in [1.29, 1.82) is 0 Å². The smallest absolute Gasteiger partial charge is 0.261 e. The lowest BCUT2D eigenvalue weighted by Crippen LogP contribution is -2.12. The van der Waals surface area contributed by atoms with E-state index in [0.29, 0.717) is 11.4 Å². The lowest BCUT2D eigenvalue weighted by molar-refractivity contribution is 0.411. The summed E-state index contributed by atoms with van der Waals surface area (Å²) in [5.74, 6) is 0.284. The van der Waals surface area contributed by atoms with E-state index < -0.39 is 0 Å². The summed E-state index contributed by atoms with van der Waals surface area (Å²) in [6.07, 6.45) is 1.52. The minimum absolute atomic E-state index is 0.278. The highest BCUT2D eigenvalue weighted by atomic mass is 16.5. The van der Waals surface area contributed by atoms with Gasteiger partial charge in [-0.2, -0.15) is 4.98 Å². The standard InChI is InChI=1S/C9H8N2O3/c1-14-6-2-3-7-10-8(12)4-9(13)11(7)5-6/h2-5,12H,1H3. The molecule has 0 radical (unpaired) electrons. The topological polar surface area (TPSA) is 63.8 Å². The Morgan fingerprint density at radius 3 is 3.00 bits per heavy atom. The molecule has 2 aromatic heterocycles. The molecule has 0 aromatic carbocycles. The Bertz CT molecular complexity index is 533. The van der Waals surface area contributed by atoms with Gasteiger partial charge in [-0.25, -0.2) is 0 Å². The van der Waals surface area contributed by atoms with E-state index in [1.54, 1.807) is 12.1 Å². The molecule has 0 aliphatic rings. The van der Waals surface area contributed by atoms with Crippen molar-refractivity contribution in [3.63, 3.8) is 0 Å². The summed E-state index contributed by atoms with van der Waals surface area (Å²) in [7, 11) is 1.51. The molecule has 0 aliphatic heterocycles. The van der Waals surface area contributed by atoms with Crippen LogP contribution in [-0.4, -0.2) is 21.6 Å². The number of aromatic hydroxyl groups is 1. The van der Waals surface area contributed by atoms with Crippen molar-refractivity contribution >= 4 is 5.65 Å². The number of pyridine rings is 1. The molecule has 0 saturated carbocycles. The van der Waals surface area contributed by atoms with E-state index >= 15 is 0 Å². The number of nitrogens with zero attached hydrogens (tertiary/aromatic N) is 2. The second-order valence-corrected chi connectivity index (χ2v) is 2.75. The summed E-state index contributed by atoms with van der Waals surface area (Å²) in [6, 6.07) is 4.31. The Labute approximate surface area is 79.2 Å². The van der Waals surface area contributed by atoms with Gasteiger partial charge < -0.3 is 9.84 Å². The number of fused-ring (bicyclic) bond motifs is 1. The Morgan fingerprint density at radius 1 is 1.50 bits per heavy atom. The third-order valence-corrected chi connectivity index (χ3v) is 1.85. The van der Waals surface area contributed by atoms with Crippen LogP contribution in [0.25, 0.3) is 5.65 Å². The number of hydrogen-bond donors (Lipinski definition) is 1. The highest BCUT2D eigenvalue weighted by Crippen LogP contribution is 2.11. The van der Waals surface area contributed by atoms with Gasteiger partial charge in [0.05, 0.1) is 19.4 Å². The van der Waals surface area contributed by atoms with Crippen LogP contribution in [0.3, 0.4) is 0 Å². The molecule has 0 atom stereocenters. The van der Waals surface area contributed by atoms with Crippen LogP contribution in [0.2, 0.25) is 0 Å². The van der Waals surface area contributed by atoms with Gasteiger partial charge in [0.15, 0.2) is 0 Å². The first-order valence-electron chi connectivity index (χ1n) is 3.97. The van der Waals surface area contributed by atoms with Crippen LogP contribution in [0.15, 0.2) is 29.2 Å². The van der Waals surface area contributed by atoms with Gasteiger partial charge in [0.2, 0.25) is 5.88 Å². The zero-order chi connectivity index (χ0) is 10.1. The van der Waals surface area contributed by atoms with Gasteiger partial charge in [0.25, 0.3) is 5.56 Å². The van der Waals surface area contributed by atoms with E-state index in [1.165, 1.54) is 17.7 Å². The molecule has 2 rings (SSSR count). The van der Waals surface area contributed by atoms with Crippen LogP contribution in [0.1, 0.15) is 0 Å². The van der Waals surface area contributed by atoms with E-state index in [0.717, 1.165) is 6.07 Å². The van der Waals surface area contributed by atoms with Crippen LogP contribution in [0.5, 0.6) is 11.6 Å². The van der Waals surface area contributed by atoms with E-state index in [-0.39, 0.29) is 11.4 Å². The summed E-state index contributed by atoms with van der Waals surface area (Å²) in [4.78, 5) is 15.1. The predicted molar refractivity (Wildman–Crippen MR) is 49.7 cm³/mol. The second-order valence-electron chi connectivity index (χ2n) is 2.75. The Balaban J connectivity index is 2.82. The summed E-state index contributed by atoms with van der Waals surface area (Å²) >= 11 is 0. The lowest BCUT2D eigenvalue weighted by atomic mass is 10.4. The molecule has 5 nitrogen and oxygen atoms in total. The molecule has 0 saturated heterocycles. The molecule has 0 bridgehead atoms. The summed E-state index contributed by atoms with van der Waals surface area (Å²) in [6.45, 7) is 0. The molecule has 5 heteroatoms. The quantitative estimate of drug-likeness (QED) is 0.710. The predicted octanol–water partition coefficient (Wildman–Crippen LogP) is 0.409. The number of rotatable bonds is 1. The zero-order valence-electron chi connectivity index (χ0n) is 7.47. The monoisotopic (exact) mass is 192 g/mol. The van der Waals surface area contributed by atoms with E-state index in [9.17, 15) is 4.79 Å². The molecule has 0 amide bonds. The van der Waals surface area contributed by atoms with Crippen molar-refractivity contribution < 1.29 is 9.84 Å². The lowest BCUT2D eigenvalue weighted by Gasteiger charge is -2.02. The van der Waals surface area contributed by atoms with Gasteiger partial charge in [0, 0.05) is 0 Å². The normalized spacial score (nSPS) is 10.4. The Kier molecular flexibility index (Phi) is 1.85. The van der Waals surface area contributed by atoms with Crippen molar-refractivity contribution in [1.82, 2.24) is 9.38 Å². The molecule has 2 heterocycles. The van der Waals surface area contributed by atoms with Gasteiger partial charge in [0.1, 0.15) is 11.4 Å². The number of methoxy groups -OCH3 is 1. The van der Waals surface area contributed by atoms with Crippen molar-refractivity contribution in [3.05, 3.63) is 34.7 Å². The molecule has 2 aromatic rings. The second kappa shape index (κ2) is 3.02. The van der Waals surface area contributed by atoms with Gasteiger partial charge in [-0.3, -0.25) is 9.20 Å². The maximum Gasteiger partial charge on any atom is 0.261 e. The number of ether oxygens (including phenoxy) is 1. The van der Waals surface area contributed by atoms with Crippen LogP contribution >= 0.6 is 0 Å². The third-order valence-electron chi connectivity index (χ3n) is 1.85. The maximum atomic E-state index is 11.4. The minimum atomic E-state index is -0.341. The first-order chi connectivity index (χ1) is 6.70. The Hall–Kier alpha value is -2.04. The summed E-state index contributed by atoms with van der Waals surface area (Å²) in [5.41, 5.74) is 0.0437. The van der Waals surface area contributed by atoms with Crippen molar-refractivity contribution in [2.45, 2.75) is 0 Å². The van der Waals surface area contributed by atoms with Crippen molar-refractivity contribution in [2.24, 2.45) is 0 Å². The highest BCUT2D eigenvalue weighted by Gasteiger charge is 2.01. The fourth-order valence-corrected chi connectivity index (χ4v) is 1.19. The van der Waals surface area contributed by atoms with E-state index in [2.05, 4.69) is 4.98 Å². The van der Waals surface area contributed by atoms with Crippen LogP contribution in [-0.2, 0) is 0 Å². The van der Waals surface area contributed by atoms with Crippen LogP contribution < -0.4 is 10.3 Å². The average Bonchev–Trinajstić information content (AvgIpc) is 2.17. The van der Waals surface area contributed by atoms with Crippen LogP contribution in [0.4, 0.5) is 0 Å². The molecule has 0 unspecified atom stereocenters. The molecule has 72 valence electrons. The third kappa shape index (κ3) is 1.28. The molecular formula is C9H8N2O3.